The Labute approximate surface area is 69.2 Å². The summed E-state index contributed by atoms with van der Waals surface area (Å²) in [7, 11) is 2.26. The molecular weight excluding hydrogens is 136 g/mol. The molecule has 0 spiro atoms. The van der Waals surface area contributed by atoms with Crippen molar-refractivity contribution >= 4 is 0 Å². The van der Waals surface area contributed by atoms with Crippen molar-refractivity contribution < 1.29 is 0 Å². The van der Waals surface area contributed by atoms with Gasteiger partial charge in [-0.1, -0.05) is 6.92 Å². The summed E-state index contributed by atoms with van der Waals surface area (Å²) in [4.78, 5) is 5.14. The van der Waals surface area contributed by atoms with Crippen LogP contribution in [0.5, 0.6) is 0 Å². The van der Waals surface area contributed by atoms with E-state index in [-0.39, 0.29) is 0 Å². The van der Waals surface area contributed by atoms with Crippen LogP contribution in [0.15, 0.2) is 0 Å². The van der Waals surface area contributed by atoms with Gasteiger partial charge in [0, 0.05) is 13.1 Å². The lowest BCUT2D eigenvalue weighted by atomic mass is 9.97. The zero-order valence-corrected chi connectivity index (χ0v) is 7.58. The van der Waals surface area contributed by atoms with E-state index in [0.29, 0.717) is 0 Å². The fraction of sp³-hybridized carbons (Fsp3) is 1.00. The maximum atomic E-state index is 2.63. The molecule has 64 valence electrons. The number of rotatable bonds is 0. The van der Waals surface area contributed by atoms with Crippen LogP contribution in [-0.2, 0) is 0 Å². The fourth-order valence-electron chi connectivity index (χ4n) is 2.63. The summed E-state index contributed by atoms with van der Waals surface area (Å²) in [6, 6.07) is 0. The first-order valence-electron chi connectivity index (χ1n) is 4.73. The van der Waals surface area contributed by atoms with Crippen molar-refractivity contribution in [1.29, 1.82) is 0 Å². The standard InChI is InChI=1S/C9H18N2/c1-8-4-3-5-11-7-6-10(2)9(8)11/h8-9H,3-7H2,1-2H3/t8-,9?/m0/s1. The van der Waals surface area contributed by atoms with Crippen LogP contribution < -0.4 is 0 Å². The van der Waals surface area contributed by atoms with Gasteiger partial charge < -0.3 is 0 Å². The fourth-order valence-corrected chi connectivity index (χ4v) is 2.63. The summed E-state index contributed by atoms with van der Waals surface area (Å²) >= 11 is 0. The monoisotopic (exact) mass is 154 g/mol. The highest BCUT2D eigenvalue weighted by Crippen LogP contribution is 2.28. The molecule has 2 heteroatoms. The first-order valence-corrected chi connectivity index (χ1v) is 4.73. The van der Waals surface area contributed by atoms with E-state index in [4.69, 9.17) is 0 Å². The first-order chi connectivity index (χ1) is 5.29. The molecule has 0 radical (unpaired) electrons. The molecule has 0 amide bonds. The number of fused-ring (bicyclic) bond motifs is 1. The number of piperidine rings is 1. The van der Waals surface area contributed by atoms with Crippen molar-refractivity contribution in [2.75, 3.05) is 26.7 Å². The Bertz CT molecular complexity index is 144. The van der Waals surface area contributed by atoms with Crippen LogP contribution in [0, 0.1) is 5.92 Å². The summed E-state index contributed by atoms with van der Waals surface area (Å²) in [5.41, 5.74) is 0. The maximum Gasteiger partial charge on any atom is 0.0647 e. The van der Waals surface area contributed by atoms with Crippen molar-refractivity contribution in [3.05, 3.63) is 0 Å². The normalized spacial score (nSPS) is 40.9. The highest BCUT2D eigenvalue weighted by molar-refractivity contribution is 4.86. The molecule has 0 aromatic heterocycles. The Balaban J connectivity index is 2.08. The Hall–Kier alpha value is -0.0800. The van der Waals surface area contributed by atoms with Crippen LogP contribution in [0.25, 0.3) is 0 Å². The molecule has 0 N–H and O–H groups in total. The number of hydrogen-bond acceptors (Lipinski definition) is 2. The summed E-state index contributed by atoms with van der Waals surface area (Å²) in [5, 5.41) is 0. The Morgan fingerprint density at radius 2 is 2.00 bits per heavy atom. The van der Waals surface area contributed by atoms with E-state index in [2.05, 4.69) is 23.8 Å². The molecule has 2 aliphatic rings. The van der Waals surface area contributed by atoms with Gasteiger partial charge in [0.15, 0.2) is 0 Å². The molecule has 11 heavy (non-hydrogen) atoms. The molecule has 1 unspecified atom stereocenters. The zero-order valence-electron chi connectivity index (χ0n) is 7.58. The lowest BCUT2D eigenvalue weighted by molar-refractivity contribution is 0.0661. The average Bonchev–Trinajstić information content (AvgIpc) is 2.34. The number of nitrogens with zero attached hydrogens (tertiary/aromatic N) is 2. The zero-order chi connectivity index (χ0) is 7.84. The van der Waals surface area contributed by atoms with Crippen LogP contribution in [0.3, 0.4) is 0 Å². The molecule has 2 aliphatic heterocycles. The van der Waals surface area contributed by atoms with E-state index in [0.717, 1.165) is 12.1 Å². The molecule has 2 rings (SSSR count). The van der Waals surface area contributed by atoms with Gasteiger partial charge in [-0.3, -0.25) is 9.80 Å². The predicted molar refractivity (Wildman–Crippen MR) is 46.4 cm³/mol. The van der Waals surface area contributed by atoms with Crippen molar-refractivity contribution in [3.63, 3.8) is 0 Å². The summed E-state index contributed by atoms with van der Waals surface area (Å²) in [6.45, 7) is 6.29. The van der Waals surface area contributed by atoms with Gasteiger partial charge in [-0.15, -0.1) is 0 Å². The lowest BCUT2D eigenvalue weighted by Crippen LogP contribution is -2.45. The largest absolute Gasteiger partial charge is 0.289 e. The lowest BCUT2D eigenvalue weighted by Gasteiger charge is -2.37. The van der Waals surface area contributed by atoms with Crippen molar-refractivity contribution in [2.45, 2.75) is 25.9 Å². The van der Waals surface area contributed by atoms with Gasteiger partial charge in [0.2, 0.25) is 0 Å². The third-order valence-corrected chi connectivity index (χ3v) is 3.18. The van der Waals surface area contributed by atoms with E-state index in [1.165, 1.54) is 32.5 Å². The average molecular weight is 154 g/mol. The van der Waals surface area contributed by atoms with Crippen LogP contribution >= 0.6 is 0 Å². The molecule has 2 fully saturated rings. The second-order valence-corrected chi connectivity index (χ2v) is 4.05. The SMILES string of the molecule is C[C@H]1CCCN2CCN(C)C12. The highest BCUT2D eigenvalue weighted by atomic mass is 15.4. The molecule has 2 atom stereocenters. The first kappa shape index (κ1) is 7.56. The molecule has 2 saturated heterocycles. The van der Waals surface area contributed by atoms with Crippen LogP contribution in [0.4, 0.5) is 0 Å². The molecule has 0 aromatic carbocycles. The minimum absolute atomic E-state index is 0.767. The molecule has 0 saturated carbocycles. The molecule has 2 nitrogen and oxygen atoms in total. The smallest absolute Gasteiger partial charge is 0.0647 e. The molecule has 0 aromatic rings. The van der Waals surface area contributed by atoms with E-state index in [1.807, 2.05) is 0 Å². The van der Waals surface area contributed by atoms with Gasteiger partial charge in [0.25, 0.3) is 0 Å². The van der Waals surface area contributed by atoms with Crippen LogP contribution in [-0.4, -0.2) is 42.6 Å². The maximum absolute atomic E-state index is 2.63. The molecule has 0 aliphatic carbocycles. The van der Waals surface area contributed by atoms with Crippen molar-refractivity contribution in [3.8, 4) is 0 Å². The van der Waals surface area contributed by atoms with E-state index in [1.54, 1.807) is 0 Å². The van der Waals surface area contributed by atoms with E-state index >= 15 is 0 Å². The summed E-state index contributed by atoms with van der Waals surface area (Å²) < 4.78 is 0. The molecular formula is C9H18N2. The quantitative estimate of drug-likeness (QED) is 0.513. The number of hydrogen-bond donors (Lipinski definition) is 0. The highest BCUT2D eigenvalue weighted by Gasteiger charge is 2.35. The van der Waals surface area contributed by atoms with Crippen molar-refractivity contribution in [1.82, 2.24) is 9.80 Å². The van der Waals surface area contributed by atoms with Crippen LogP contribution in [0.1, 0.15) is 19.8 Å². The Morgan fingerprint density at radius 3 is 2.73 bits per heavy atom. The van der Waals surface area contributed by atoms with Gasteiger partial charge in [-0.25, -0.2) is 0 Å². The third kappa shape index (κ3) is 1.18. The topological polar surface area (TPSA) is 6.48 Å². The Morgan fingerprint density at radius 1 is 1.18 bits per heavy atom. The summed E-state index contributed by atoms with van der Waals surface area (Å²) in [6.07, 6.45) is 3.60. The molecule has 2 heterocycles. The van der Waals surface area contributed by atoms with Gasteiger partial charge >= 0.3 is 0 Å². The second-order valence-electron chi connectivity index (χ2n) is 4.05. The predicted octanol–water partition coefficient (Wildman–Crippen LogP) is 0.990. The molecule has 0 bridgehead atoms. The van der Waals surface area contributed by atoms with Gasteiger partial charge in [-0.05, 0) is 32.4 Å². The minimum Gasteiger partial charge on any atom is -0.289 e. The van der Waals surface area contributed by atoms with Gasteiger partial charge in [0.1, 0.15) is 0 Å². The number of likely N-dealkylation sites (N-methyl/N-ethyl adjacent to an activating group) is 1. The Kier molecular flexibility index (Phi) is 1.90. The second kappa shape index (κ2) is 2.76. The minimum atomic E-state index is 0.767. The van der Waals surface area contributed by atoms with Crippen LogP contribution in [0.2, 0.25) is 0 Å². The van der Waals surface area contributed by atoms with Gasteiger partial charge in [-0.2, -0.15) is 0 Å². The van der Waals surface area contributed by atoms with E-state index < -0.39 is 0 Å². The third-order valence-electron chi connectivity index (χ3n) is 3.18. The van der Waals surface area contributed by atoms with E-state index in [9.17, 15) is 0 Å². The van der Waals surface area contributed by atoms with Gasteiger partial charge in [0.05, 0.1) is 6.17 Å². The van der Waals surface area contributed by atoms with Crippen molar-refractivity contribution in [2.24, 2.45) is 5.92 Å². The summed E-state index contributed by atoms with van der Waals surface area (Å²) in [5.74, 6) is 0.885.